The Hall–Kier alpha value is -1.48. The van der Waals surface area contributed by atoms with Crippen LogP contribution in [0, 0.1) is 0 Å². The number of fused-ring (bicyclic) bond motifs is 3. The molecule has 3 nitrogen and oxygen atoms in total. The van der Waals surface area contributed by atoms with Crippen LogP contribution in [0.2, 0.25) is 0 Å². The number of aromatic nitrogens is 1. The fourth-order valence-corrected chi connectivity index (χ4v) is 2.32. The van der Waals surface area contributed by atoms with Crippen LogP contribution >= 0.6 is 0 Å². The number of rotatable bonds is 1. The van der Waals surface area contributed by atoms with Crippen molar-refractivity contribution in [2.24, 2.45) is 0 Å². The summed E-state index contributed by atoms with van der Waals surface area (Å²) in [4.78, 5) is 0. The summed E-state index contributed by atoms with van der Waals surface area (Å²) >= 11 is 0. The predicted octanol–water partition coefficient (Wildman–Crippen LogP) is 1.57. The number of ether oxygens (including phenoxy) is 1. The molecule has 0 radical (unpaired) electrons. The van der Waals surface area contributed by atoms with Crippen LogP contribution in [0.4, 0.5) is 0 Å². The summed E-state index contributed by atoms with van der Waals surface area (Å²) in [7, 11) is 1.67. The first kappa shape index (κ1) is 8.80. The molecule has 78 valence electrons. The maximum Gasteiger partial charge on any atom is 0.120 e. The summed E-state index contributed by atoms with van der Waals surface area (Å²) in [6, 6.07) is 8.20. The molecule has 0 spiro atoms. The molecular weight excluding hydrogens is 190 g/mol. The highest BCUT2D eigenvalue weighted by atomic mass is 16.5. The molecular formula is C12H13NO2. The smallest absolute Gasteiger partial charge is 0.120 e. The fourth-order valence-electron chi connectivity index (χ4n) is 2.32. The maximum atomic E-state index is 9.57. The second-order valence-electron chi connectivity index (χ2n) is 4.03. The number of hydrogen-bond acceptors (Lipinski definition) is 2. The molecule has 0 saturated carbocycles. The number of hydrogen-bond donors (Lipinski definition) is 1. The lowest BCUT2D eigenvalue weighted by molar-refractivity contribution is 0.176. The zero-order valence-corrected chi connectivity index (χ0v) is 8.60. The predicted molar refractivity (Wildman–Crippen MR) is 58.2 cm³/mol. The van der Waals surface area contributed by atoms with Crippen LogP contribution in [0.5, 0.6) is 5.75 Å². The average Bonchev–Trinajstić information content (AvgIpc) is 2.73. The first-order valence-corrected chi connectivity index (χ1v) is 5.12. The Kier molecular flexibility index (Phi) is 1.76. The molecule has 1 aliphatic heterocycles. The molecule has 1 aliphatic rings. The molecule has 1 N–H and O–H groups in total. The Morgan fingerprint density at radius 1 is 1.40 bits per heavy atom. The molecule has 0 bridgehead atoms. The second-order valence-corrected chi connectivity index (χ2v) is 4.03. The van der Waals surface area contributed by atoms with E-state index >= 15 is 0 Å². The molecule has 1 aromatic carbocycles. The molecule has 0 saturated heterocycles. The van der Waals surface area contributed by atoms with E-state index in [1.165, 1.54) is 11.1 Å². The zero-order chi connectivity index (χ0) is 10.4. The second kappa shape index (κ2) is 3.00. The Bertz CT molecular complexity index is 516. The Labute approximate surface area is 87.9 Å². The van der Waals surface area contributed by atoms with Gasteiger partial charge in [-0.25, -0.2) is 0 Å². The summed E-state index contributed by atoms with van der Waals surface area (Å²) in [5, 5.41) is 10.8. The summed E-state index contributed by atoms with van der Waals surface area (Å²) in [6.07, 6.45) is 0.535. The van der Waals surface area contributed by atoms with Crippen molar-refractivity contribution in [2.75, 3.05) is 7.11 Å². The van der Waals surface area contributed by atoms with Gasteiger partial charge in [-0.15, -0.1) is 0 Å². The third-order valence-corrected chi connectivity index (χ3v) is 3.04. The van der Waals surface area contributed by atoms with Crippen LogP contribution in [-0.4, -0.2) is 22.9 Å². The molecule has 1 aromatic heterocycles. The average molecular weight is 203 g/mol. The van der Waals surface area contributed by atoms with Crippen molar-refractivity contribution in [3.8, 4) is 5.75 Å². The van der Waals surface area contributed by atoms with Crippen molar-refractivity contribution in [3.63, 3.8) is 0 Å². The molecule has 0 aliphatic carbocycles. The Balaban J connectivity index is 2.22. The largest absolute Gasteiger partial charge is 0.497 e. The fraction of sp³-hybridized carbons (Fsp3) is 0.333. The van der Waals surface area contributed by atoms with Gasteiger partial charge >= 0.3 is 0 Å². The van der Waals surface area contributed by atoms with Crippen molar-refractivity contribution in [3.05, 3.63) is 30.0 Å². The minimum atomic E-state index is -0.226. The highest BCUT2D eigenvalue weighted by Gasteiger charge is 2.21. The Morgan fingerprint density at radius 3 is 3.07 bits per heavy atom. The van der Waals surface area contributed by atoms with E-state index in [4.69, 9.17) is 4.74 Å². The molecule has 0 amide bonds. The van der Waals surface area contributed by atoms with Crippen LogP contribution in [0.15, 0.2) is 24.3 Å². The van der Waals surface area contributed by atoms with Gasteiger partial charge in [0.2, 0.25) is 0 Å². The van der Waals surface area contributed by atoms with E-state index < -0.39 is 0 Å². The first-order valence-electron chi connectivity index (χ1n) is 5.12. The topological polar surface area (TPSA) is 34.4 Å². The molecule has 2 heterocycles. The highest BCUT2D eigenvalue weighted by Crippen LogP contribution is 2.28. The standard InChI is InChI=1S/C12H13NO2/c1-15-11-3-2-8-4-9-5-10(14)7-13(9)12(8)6-11/h2-4,6,10,14H,5,7H2,1H3. The molecule has 3 heteroatoms. The molecule has 1 unspecified atom stereocenters. The van der Waals surface area contributed by atoms with Crippen LogP contribution in [0.25, 0.3) is 10.9 Å². The van der Waals surface area contributed by atoms with Crippen molar-refractivity contribution in [1.82, 2.24) is 4.57 Å². The van der Waals surface area contributed by atoms with Gasteiger partial charge in [-0.3, -0.25) is 0 Å². The number of nitrogens with zero attached hydrogens (tertiary/aromatic N) is 1. The van der Waals surface area contributed by atoms with E-state index in [0.717, 1.165) is 17.7 Å². The van der Waals surface area contributed by atoms with Crippen molar-refractivity contribution in [2.45, 2.75) is 19.1 Å². The summed E-state index contributed by atoms with van der Waals surface area (Å²) < 4.78 is 7.37. The monoisotopic (exact) mass is 203 g/mol. The molecule has 3 rings (SSSR count). The number of aliphatic hydroxyl groups is 1. The van der Waals surface area contributed by atoms with E-state index in [0.29, 0.717) is 6.54 Å². The normalized spacial score (nSPS) is 19.5. The zero-order valence-electron chi connectivity index (χ0n) is 8.60. The number of benzene rings is 1. The minimum absolute atomic E-state index is 0.226. The number of methoxy groups -OCH3 is 1. The summed E-state index contributed by atoms with van der Waals surface area (Å²) in [5.41, 5.74) is 2.37. The molecule has 15 heavy (non-hydrogen) atoms. The number of aliphatic hydroxyl groups excluding tert-OH is 1. The van der Waals surface area contributed by atoms with Gasteiger partial charge in [0.15, 0.2) is 0 Å². The van der Waals surface area contributed by atoms with Gasteiger partial charge in [0.05, 0.1) is 18.7 Å². The van der Waals surface area contributed by atoms with Gasteiger partial charge in [-0.05, 0) is 18.2 Å². The van der Waals surface area contributed by atoms with E-state index in [1.807, 2.05) is 12.1 Å². The Morgan fingerprint density at radius 2 is 2.27 bits per heavy atom. The quantitative estimate of drug-likeness (QED) is 0.763. The van der Waals surface area contributed by atoms with E-state index in [2.05, 4.69) is 16.7 Å². The minimum Gasteiger partial charge on any atom is -0.497 e. The van der Waals surface area contributed by atoms with E-state index in [1.54, 1.807) is 7.11 Å². The van der Waals surface area contributed by atoms with Crippen LogP contribution in [0.3, 0.4) is 0 Å². The van der Waals surface area contributed by atoms with Crippen LogP contribution in [-0.2, 0) is 13.0 Å². The van der Waals surface area contributed by atoms with E-state index in [-0.39, 0.29) is 6.10 Å². The lowest BCUT2D eigenvalue weighted by Crippen LogP contribution is -2.07. The van der Waals surface area contributed by atoms with E-state index in [9.17, 15) is 5.11 Å². The third-order valence-electron chi connectivity index (χ3n) is 3.04. The third kappa shape index (κ3) is 1.23. The van der Waals surface area contributed by atoms with Gasteiger partial charge in [-0.1, -0.05) is 0 Å². The highest BCUT2D eigenvalue weighted by molar-refractivity contribution is 5.83. The van der Waals surface area contributed by atoms with Gasteiger partial charge in [-0.2, -0.15) is 0 Å². The van der Waals surface area contributed by atoms with Gasteiger partial charge in [0, 0.05) is 30.1 Å². The summed E-state index contributed by atoms with van der Waals surface area (Å²) in [6.45, 7) is 0.700. The first-order chi connectivity index (χ1) is 7.28. The lowest BCUT2D eigenvalue weighted by Gasteiger charge is -2.04. The molecule has 1 atom stereocenters. The van der Waals surface area contributed by atoms with Gasteiger partial charge < -0.3 is 14.4 Å². The molecule has 2 aromatic rings. The van der Waals surface area contributed by atoms with Gasteiger partial charge in [0.1, 0.15) is 5.75 Å². The van der Waals surface area contributed by atoms with Crippen LogP contribution < -0.4 is 4.74 Å². The van der Waals surface area contributed by atoms with Crippen molar-refractivity contribution in [1.29, 1.82) is 0 Å². The van der Waals surface area contributed by atoms with Crippen LogP contribution in [0.1, 0.15) is 5.69 Å². The molecule has 0 fully saturated rings. The van der Waals surface area contributed by atoms with Crippen molar-refractivity contribution >= 4 is 10.9 Å². The van der Waals surface area contributed by atoms with Gasteiger partial charge in [0.25, 0.3) is 0 Å². The van der Waals surface area contributed by atoms with Crippen molar-refractivity contribution < 1.29 is 9.84 Å². The summed E-state index contributed by atoms with van der Waals surface area (Å²) in [5.74, 6) is 0.866. The maximum absolute atomic E-state index is 9.57. The SMILES string of the molecule is COc1ccc2cc3n(c2c1)CC(O)C3. The lowest BCUT2D eigenvalue weighted by atomic mass is 10.2.